The van der Waals surface area contributed by atoms with E-state index in [-0.39, 0.29) is 11.6 Å². The number of aliphatic imine (C=N–C) groups is 1. The molecule has 0 aliphatic carbocycles. The molecule has 0 saturated heterocycles. The van der Waals surface area contributed by atoms with Crippen molar-refractivity contribution in [1.29, 1.82) is 0 Å². The van der Waals surface area contributed by atoms with Crippen molar-refractivity contribution in [3.8, 4) is 11.5 Å². The van der Waals surface area contributed by atoms with Gasteiger partial charge in [-0.3, -0.25) is 4.79 Å². The van der Waals surface area contributed by atoms with Crippen LogP contribution in [0.2, 0.25) is 0 Å². The van der Waals surface area contributed by atoms with E-state index >= 15 is 0 Å². The van der Waals surface area contributed by atoms with E-state index in [0.717, 1.165) is 4.47 Å². The van der Waals surface area contributed by atoms with Crippen LogP contribution >= 0.6 is 38.5 Å². The van der Waals surface area contributed by atoms with E-state index in [1.165, 1.54) is 14.0 Å². The Morgan fingerprint density at radius 3 is 2.59 bits per heavy atom. The average molecular weight is 542 g/mol. The van der Waals surface area contributed by atoms with Crippen LogP contribution in [0.3, 0.4) is 0 Å². The fraction of sp³-hybridized carbons (Fsp3) is 0.105. The molecule has 0 unspecified atom stereocenters. The number of carbonyl (C=O) groups excluding carboxylic acids is 2. The van der Waals surface area contributed by atoms with E-state index in [1.807, 2.05) is 34.7 Å². The predicted octanol–water partition coefficient (Wildman–Crippen LogP) is 4.33. The number of carbonyl (C=O) groups is 2. The first-order chi connectivity index (χ1) is 12.9. The van der Waals surface area contributed by atoms with Gasteiger partial charge in [0.15, 0.2) is 17.2 Å². The van der Waals surface area contributed by atoms with Crippen LogP contribution in [0.5, 0.6) is 11.5 Å². The van der Waals surface area contributed by atoms with E-state index in [4.69, 9.17) is 14.2 Å². The zero-order valence-corrected chi connectivity index (χ0v) is 18.0. The molecule has 1 aliphatic rings. The average Bonchev–Trinajstić information content (AvgIpc) is 2.98. The number of ether oxygens (including phenoxy) is 3. The van der Waals surface area contributed by atoms with Crippen LogP contribution in [0.25, 0.3) is 6.08 Å². The van der Waals surface area contributed by atoms with Gasteiger partial charge in [-0.1, -0.05) is 15.9 Å². The Kier molecular flexibility index (Phi) is 5.95. The molecule has 0 amide bonds. The summed E-state index contributed by atoms with van der Waals surface area (Å²) >= 11 is 5.39. The molecule has 1 heterocycles. The fourth-order valence-corrected chi connectivity index (χ4v) is 3.35. The van der Waals surface area contributed by atoms with Crippen LogP contribution in [0.15, 0.2) is 51.6 Å². The first-order valence-corrected chi connectivity index (χ1v) is 9.59. The maximum atomic E-state index is 12.2. The molecule has 0 saturated carbocycles. The lowest BCUT2D eigenvalue weighted by molar-refractivity contribution is -0.132. The molecule has 0 N–H and O–H groups in total. The molecule has 8 heteroatoms. The van der Waals surface area contributed by atoms with Crippen LogP contribution in [0.4, 0.5) is 0 Å². The Morgan fingerprint density at radius 1 is 1.26 bits per heavy atom. The molecular formula is C19H13BrINO5. The monoisotopic (exact) mass is 541 g/mol. The lowest BCUT2D eigenvalue weighted by Crippen LogP contribution is -2.05. The van der Waals surface area contributed by atoms with Gasteiger partial charge in [0.05, 0.1) is 10.7 Å². The largest absolute Gasteiger partial charge is 0.493 e. The first kappa shape index (κ1) is 19.6. The second-order valence-corrected chi connectivity index (χ2v) is 7.55. The molecule has 6 nitrogen and oxygen atoms in total. The minimum Gasteiger partial charge on any atom is -0.493 e. The number of halogens is 2. The smallest absolute Gasteiger partial charge is 0.363 e. The summed E-state index contributed by atoms with van der Waals surface area (Å²) in [5.74, 6) is -0.0171. The van der Waals surface area contributed by atoms with Gasteiger partial charge in [-0.05, 0) is 70.6 Å². The highest BCUT2D eigenvalue weighted by molar-refractivity contribution is 14.1. The summed E-state index contributed by atoms with van der Waals surface area (Å²) in [5, 5.41) is 0. The zero-order chi connectivity index (χ0) is 19.6. The van der Waals surface area contributed by atoms with Crippen molar-refractivity contribution < 1.29 is 23.8 Å². The van der Waals surface area contributed by atoms with Gasteiger partial charge in [0.2, 0.25) is 5.90 Å². The van der Waals surface area contributed by atoms with Crippen LogP contribution in [0, 0.1) is 3.57 Å². The number of rotatable bonds is 4. The minimum absolute atomic E-state index is 0.172. The zero-order valence-electron chi connectivity index (χ0n) is 14.3. The van der Waals surface area contributed by atoms with Gasteiger partial charge in [0.25, 0.3) is 0 Å². The van der Waals surface area contributed by atoms with Gasteiger partial charge in [-0.2, -0.15) is 0 Å². The van der Waals surface area contributed by atoms with Crippen LogP contribution in [-0.2, 0) is 14.3 Å². The Morgan fingerprint density at radius 2 is 1.96 bits per heavy atom. The van der Waals surface area contributed by atoms with E-state index in [0.29, 0.717) is 26.2 Å². The molecule has 27 heavy (non-hydrogen) atoms. The highest BCUT2D eigenvalue weighted by Gasteiger charge is 2.24. The summed E-state index contributed by atoms with van der Waals surface area (Å²) < 4.78 is 17.3. The molecule has 3 rings (SSSR count). The SMILES string of the molecule is COc1cc(C=C2N=C(c3ccc(Br)cc3)OC2=O)cc(I)c1OC(C)=O. The third kappa shape index (κ3) is 4.56. The van der Waals surface area contributed by atoms with Gasteiger partial charge in [-0.15, -0.1) is 0 Å². The van der Waals surface area contributed by atoms with E-state index in [2.05, 4.69) is 20.9 Å². The lowest BCUT2D eigenvalue weighted by Gasteiger charge is -2.11. The molecule has 2 aromatic rings. The molecular weight excluding hydrogens is 529 g/mol. The van der Waals surface area contributed by atoms with Gasteiger partial charge in [0, 0.05) is 17.0 Å². The minimum atomic E-state index is -0.536. The molecule has 1 aliphatic heterocycles. The quantitative estimate of drug-likeness (QED) is 0.249. The summed E-state index contributed by atoms with van der Waals surface area (Å²) in [5.41, 5.74) is 1.54. The van der Waals surface area contributed by atoms with Gasteiger partial charge in [-0.25, -0.2) is 9.79 Å². The molecule has 2 aromatic carbocycles. The lowest BCUT2D eigenvalue weighted by atomic mass is 10.1. The summed E-state index contributed by atoms with van der Waals surface area (Å²) in [4.78, 5) is 27.7. The third-order valence-electron chi connectivity index (χ3n) is 3.51. The molecule has 0 atom stereocenters. The molecule has 138 valence electrons. The van der Waals surface area contributed by atoms with E-state index in [9.17, 15) is 9.59 Å². The maximum Gasteiger partial charge on any atom is 0.363 e. The highest BCUT2D eigenvalue weighted by Crippen LogP contribution is 2.35. The van der Waals surface area contributed by atoms with Crippen molar-refractivity contribution in [3.05, 3.63) is 61.3 Å². The van der Waals surface area contributed by atoms with Crippen LogP contribution in [0.1, 0.15) is 18.1 Å². The number of cyclic esters (lactones) is 1. The van der Waals surface area contributed by atoms with Crippen molar-refractivity contribution in [1.82, 2.24) is 0 Å². The molecule has 0 radical (unpaired) electrons. The number of esters is 2. The third-order valence-corrected chi connectivity index (χ3v) is 4.84. The molecule has 0 bridgehead atoms. The standard InChI is InChI=1S/C19H13BrINO5/c1-10(23)26-17-14(21)7-11(9-16(17)25-2)8-15-19(24)27-18(22-15)12-3-5-13(20)6-4-12/h3-9H,1-2H3. The van der Waals surface area contributed by atoms with Gasteiger partial charge < -0.3 is 14.2 Å². The van der Waals surface area contributed by atoms with Crippen LogP contribution < -0.4 is 9.47 Å². The van der Waals surface area contributed by atoms with Crippen molar-refractivity contribution >= 4 is 62.4 Å². The number of hydrogen-bond acceptors (Lipinski definition) is 6. The number of hydrogen-bond donors (Lipinski definition) is 0. The van der Waals surface area contributed by atoms with Gasteiger partial charge in [0.1, 0.15) is 0 Å². The number of nitrogens with zero attached hydrogens (tertiary/aromatic N) is 1. The Labute approximate surface area is 177 Å². The molecule has 0 aromatic heterocycles. The highest BCUT2D eigenvalue weighted by atomic mass is 127. The second-order valence-electron chi connectivity index (χ2n) is 5.47. The molecule has 0 fully saturated rings. The van der Waals surface area contributed by atoms with Gasteiger partial charge >= 0.3 is 11.9 Å². The van der Waals surface area contributed by atoms with Crippen molar-refractivity contribution in [2.75, 3.05) is 7.11 Å². The summed E-state index contributed by atoms with van der Waals surface area (Å²) in [6.45, 7) is 1.32. The topological polar surface area (TPSA) is 74.2 Å². The van der Waals surface area contributed by atoms with Crippen molar-refractivity contribution in [2.24, 2.45) is 4.99 Å². The first-order valence-electron chi connectivity index (χ1n) is 7.72. The maximum absolute atomic E-state index is 12.2. The summed E-state index contributed by atoms with van der Waals surface area (Å²) in [6, 6.07) is 10.7. The van der Waals surface area contributed by atoms with Crippen molar-refractivity contribution in [2.45, 2.75) is 6.92 Å². The van der Waals surface area contributed by atoms with E-state index in [1.54, 1.807) is 30.3 Å². The Hall–Kier alpha value is -2.20. The normalized spacial score (nSPS) is 14.7. The van der Waals surface area contributed by atoms with Crippen molar-refractivity contribution in [3.63, 3.8) is 0 Å². The summed E-state index contributed by atoms with van der Waals surface area (Å²) in [6.07, 6.45) is 1.59. The van der Waals surface area contributed by atoms with Crippen LogP contribution in [-0.4, -0.2) is 24.9 Å². The fourth-order valence-electron chi connectivity index (χ4n) is 2.35. The predicted molar refractivity (Wildman–Crippen MR) is 112 cm³/mol. The van der Waals surface area contributed by atoms with E-state index < -0.39 is 11.9 Å². The number of methoxy groups -OCH3 is 1. The number of benzene rings is 2. The Balaban J connectivity index is 1.96. The second kappa shape index (κ2) is 8.22. The summed E-state index contributed by atoms with van der Waals surface area (Å²) in [7, 11) is 1.48. The Bertz CT molecular complexity index is 982. The molecule has 0 spiro atoms.